The monoisotopic (exact) mass is 222 g/mol. The van der Waals surface area contributed by atoms with Crippen LogP contribution in [0.5, 0.6) is 0 Å². The van der Waals surface area contributed by atoms with E-state index >= 15 is 0 Å². The second kappa shape index (κ2) is 7.91. The summed E-state index contributed by atoms with van der Waals surface area (Å²) >= 11 is 0. The number of fused-ring (bicyclic) bond motifs is 1. The number of ether oxygens (including phenoxy) is 1. The minimum absolute atomic E-state index is 0.102. The summed E-state index contributed by atoms with van der Waals surface area (Å²) in [5.41, 5.74) is 2.23. The van der Waals surface area contributed by atoms with Gasteiger partial charge in [-0.1, -0.05) is 52.0 Å². The predicted molar refractivity (Wildman–Crippen MR) is 67.3 cm³/mol. The van der Waals surface area contributed by atoms with Gasteiger partial charge in [0, 0.05) is 0 Å². The Bertz CT molecular complexity index is 318. The highest BCUT2D eigenvalue weighted by atomic mass is 16.5. The van der Waals surface area contributed by atoms with Crippen molar-refractivity contribution >= 4 is 5.97 Å². The Hall–Kier alpha value is -1.31. The van der Waals surface area contributed by atoms with Crippen LogP contribution in [0, 0.1) is 0 Å². The molecule has 1 atom stereocenters. The molecule has 1 aromatic carbocycles. The van der Waals surface area contributed by atoms with Gasteiger partial charge < -0.3 is 4.74 Å². The maximum Gasteiger partial charge on any atom is 0.313 e. The van der Waals surface area contributed by atoms with E-state index in [1.54, 1.807) is 0 Å². The van der Waals surface area contributed by atoms with Gasteiger partial charge in [0.1, 0.15) is 6.61 Å². The van der Waals surface area contributed by atoms with E-state index < -0.39 is 0 Å². The van der Waals surface area contributed by atoms with E-state index in [1.807, 2.05) is 58.9 Å². The van der Waals surface area contributed by atoms with E-state index in [1.165, 1.54) is 0 Å². The quantitative estimate of drug-likeness (QED) is 0.622. The molecular weight excluding hydrogens is 200 g/mol. The van der Waals surface area contributed by atoms with Crippen LogP contribution in [0.3, 0.4) is 0 Å². The van der Waals surface area contributed by atoms with Crippen molar-refractivity contribution < 1.29 is 9.53 Å². The molecule has 0 saturated carbocycles. The maximum atomic E-state index is 11.1. The van der Waals surface area contributed by atoms with Crippen LogP contribution in [-0.2, 0) is 16.1 Å². The van der Waals surface area contributed by atoms with Crippen LogP contribution in [0.15, 0.2) is 24.3 Å². The van der Waals surface area contributed by atoms with Gasteiger partial charge >= 0.3 is 5.97 Å². The summed E-state index contributed by atoms with van der Waals surface area (Å²) in [6.07, 6.45) is 0. The second-order valence-electron chi connectivity index (χ2n) is 3.03. The molecule has 1 heterocycles. The first kappa shape index (κ1) is 14.7. The fraction of sp³-hybridized carbons (Fsp3) is 0.500. The van der Waals surface area contributed by atoms with Crippen molar-refractivity contribution in [2.24, 2.45) is 0 Å². The number of benzene rings is 1. The zero-order valence-corrected chi connectivity index (χ0v) is 10.9. The molecule has 1 aliphatic rings. The van der Waals surface area contributed by atoms with Crippen molar-refractivity contribution in [2.45, 2.75) is 47.1 Å². The van der Waals surface area contributed by atoms with E-state index in [2.05, 4.69) is 0 Å². The summed E-state index contributed by atoms with van der Waals surface area (Å²) in [4.78, 5) is 11.1. The lowest BCUT2D eigenvalue weighted by molar-refractivity contribution is -0.147. The Balaban J connectivity index is 0.000000509. The molecule has 0 amide bonds. The summed E-state index contributed by atoms with van der Waals surface area (Å²) in [5.74, 6) is -0.219. The van der Waals surface area contributed by atoms with Crippen molar-refractivity contribution in [1.29, 1.82) is 0 Å². The molecule has 90 valence electrons. The SMILES string of the molecule is CC.CC.CC1C(=O)OCc2ccccc21. The fourth-order valence-corrected chi connectivity index (χ4v) is 1.49. The third-order valence-electron chi connectivity index (χ3n) is 2.25. The van der Waals surface area contributed by atoms with Gasteiger partial charge in [0.15, 0.2) is 0 Å². The molecule has 0 saturated heterocycles. The zero-order chi connectivity index (χ0) is 12.6. The van der Waals surface area contributed by atoms with E-state index in [0.717, 1.165) is 11.1 Å². The normalized spacial score (nSPS) is 16.8. The third kappa shape index (κ3) is 3.37. The first-order chi connectivity index (χ1) is 7.79. The Morgan fingerprint density at radius 3 is 2.31 bits per heavy atom. The van der Waals surface area contributed by atoms with Crippen molar-refractivity contribution in [1.82, 2.24) is 0 Å². The molecule has 0 N–H and O–H groups in total. The Kier molecular flexibility index (Phi) is 7.27. The molecule has 0 radical (unpaired) electrons. The molecule has 16 heavy (non-hydrogen) atoms. The van der Waals surface area contributed by atoms with Crippen LogP contribution in [0.1, 0.15) is 51.7 Å². The molecule has 2 heteroatoms. The standard InChI is InChI=1S/C10H10O2.2C2H6/c1-7-9-5-3-2-4-8(9)6-12-10(7)11;2*1-2/h2-5,7H,6H2,1H3;2*1-2H3. The molecule has 0 bridgehead atoms. The molecule has 0 fully saturated rings. The van der Waals surface area contributed by atoms with E-state index in [9.17, 15) is 4.79 Å². The lowest BCUT2D eigenvalue weighted by Gasteiger charge is -2.20. The fourth-order valence-electron chi connectivity index (χ4n) is 1.49. The van der Waals surface area contributed by atoms with E-state index in [-0.39, 0.29) is 11.9 Å². The average molecular weight is 222 g/mol. The number of hydrogen-bond donors (Lipinski definition) is 0. The maximum absolute atomic E-state index is 11.1. The predicted octanol–water partition coefficient (Wildman–Crippen LogP) is 3.90. The summed E-state index contributed by atoms with van der Waals surface area (Å²) < 4.78 is 4.98. The van der Waals surface area contributed by atoms with Gasteiger partial charge in [-0.2, -0.15) is 0 Å². The highest BCUT2D eigenvalue weighted by Gasteiger charge is 2.24. The van der Waals surface area contributed by atoms with Crippen molar-refractivity contribution in [2.75, 3.05) is 0 Å². The van der Waals surface area contributed by atoms with Gasteiger partial charge in [-0.3, -0.25) is 4.79 Å². The van der Waals surface area contributed by atoms with Crippen molar-refractivity contribution in [3.05, 3.63) is 35.4 Å². The summed E-state index contributed by atoms with van der Waals surface area (Å²) in [6.45, 7) is 10.3. The largest absolute Gasteiger partial charge is 0.460 e. The van der Waals surface area contributed by atoms with Gasteiger partial charge in [-0.05, 0) is 18.1 Å². The van der Waals surface area contributed by atoms with Crippen molar-refractivity contribution in [3.8, 4) is 0 Å². The summed E-state index contributed by atoms with van der Waals surface area (Å²) in [7, 11) is 0. The number of rotatable bonds is 0. The molecule has 0 aliphatic carbocycles. The van der Waals surface area contributed by atoms with E-state index in [4.69, 9.17) is 4.74 Å². The van der Waals surface area contributed by atoms with Gasteiger partial charge in [0.05, 0.1) is 5.92 Å². The minimum Gasteiger partial charge on any atom is -0.460 e. The molecule has 2 rings (SSSR count). The lowest BCUT2D eigenvalue weighted by Crippen LogP contribution is -2.20. The van der Waals surface area contributed by atoms with Gasteiger partial charge in [0.2, 0.25) is 0 Å². The topological polar surface area (TPSA) is 26.3 Å². The Morgan fingerprint density at radius 2 is 1.69 bits per heavy atom. The number of cyclic esters (lactones) is 1. The van der Waals surface area contributed by atoms with Gasteiger partial charge in [0.25, 0.3) is 0 Å². The summed E-state index contributed by atoms with van der Waals surface area (Å²) in [6, 6.07) is 7.90. The van der Waals surface area contributed by atoms with Crippen LogP contribution < -0.4 is 0 Å². The lowest BCUT2D eigenvalue weighted by atomic mass is 9.94. The molecule has 2 nitrogen and oxygen atoms in total. The van der Waals surface area contributed by atoms with Crippen LogP contribution in [0.25, 0.3) is 0 Å². The first-order valence-electron chi connectivity index (χ1n) is 6.03. The van der Waals surface area contributed by atoms with Gasteiger partial charge in [-0.25, -0.2) is 0 Å². The van der Waals surface area contributed by atoms with Crippen molar-refractivity contribution in [3.63, 3.8) is 0 Å². The highest BCUT2D eigenvalue weighted by molar-refractivity contribution is 5.79. The molecule has 1 unspecified atom stereocenters. The van der Waals surface area contributed by atoms with Crippen LogP contribution in [0.4, 0.5) is 0 Å². The molecule has 0 spiro atoms. The van der Waals surface area contributed by atoms with E-state index in [0.29, 0.717) is 6.61 Å². The highest BCUT2D eigenvalue weighted by Crippen LogP contribution is 2.26. The Labute approximate surface area is 98.6 Å². The molecular formula is C14H22O2. The van der Waals surface area contributed by atoms with Crippen LogP contribution in [-0.4, -0.2) is 5.97 Å². The molecule has 1 aromatic rings. The first-order valence-corrected chi connectivity index (χ1v) is 6.03. The molecule has 0 aromatic heterocycles. The smallest absolute Gasteiger partial charge is 0.313 e. The summed E-state index contributed by atoms with van der Waals surface area (Å²) in [5, 5.41) is 0. The number of carbonyl (C=O) groups excluding carboxylic acids is 1. The number of hydrogen-bond acceptors (Lipinski definition) is 2. The number of carbonyl (C=O) groups is 1. The third-order valence-corrected chi connectivity index (χ3v) is 2.25. The Morgan fingerprint density at radius 1 is 1.12 bits per heavy atom. The zero-order valence-electron chi connectivity index (χ0n) is 10.9. The average Bonchev–Trinajstić information content (AvgIpc) is 2.39. The number of esters is 1. The van der Waals surface area contributed by atoms with Gasteiger partial charge in [-0.15, -0.1) is 0 Å². The van der Waals surface area contributed by atoms with Crippen LogP contribution in [0.2, 0.25) is 0 Å². The minimum atomic E-state index is -0.117. The second-order valence-corrected chi connectivity index (χ2v) is 3.03. The van der Waals surface area contributed by atoms with Crippen LogP contribution >= 0.6 is 0 Å². The molecule has 1 aliphatic heterocycles.